The molecule has 0 aliphatic carbocycles. The highest BCUT2D eigenvalue weighted by Crippen LogP contribution is 2.12. The molecule has 0 saturated carbocycles. The third-order valence-electron chi connectivity index (χ3n) is 9.54. The van der Waals surface area contributed by atoms with E-state index in [0.717, 1.165) is 70.6 Å². The molecule has 0 bridgehead atoms. The second-order valence-electron chi connectivity index (χ2n) is 15.3. The zero-order valence-electron chi connectivity index (χ0n) is 38.4. The van der Waals surface area contributed by atoms with Gasteiger partial charge in [-0.2, -0.15) is 0 Å². The smallest absolute Gasteiger partial charge is 0.309 e. The molecule has 0 fully saturated rings. The summed E-state index contributed by atoms with van der Waals surface area (Å²) in [6, 6.07) is 0. The number of hydrogen-bond acceptors (Lipinski definition) is 6. The van der Waals surface area contributed by atoms with Crippen LogP contribution in [0.4, 0.5) is 0 Å². The van der Waals surface area contributed by atoms with Crippen LogP contribution in [0.2, 0.25) is 0 Å². The van der Waals surface area contributed by atoms with E-state index in [0.29, 0.717) is 12.8 Å². The van der Waals surface area contributed by atoms with Crippen LogP contribution in [0, 0.1) is 0 Å². The van der Waals surface area contributed by atoms with Crippen LogP contribution in [0.15, 0.2) is 109 Å². The zero-order valence-corrected chi connectivity index (χ0v) is 38.4. The summed E-state index contributed by atoms with van der Waals surface area (Å²) in [5, 5.41) is 0. The van der Waals surface area contributed by atoms with Gasteiger partial charge in [-0.1, -0.05) is 194 Å². The molecule has 0 heterocycles. The molecule has 0 N–H and O–H groups in total. The predicted octanol–water partition coefficient (Wildman–Crippen LogP) is 15.6. The quantitative estimate of drug-likeness (QED) is 0.0264. The summed E-state index contributed by atoms with van der Waals surface area (Å²) in [6.45, 7) is 6.21. The molecule has 0 spiro atoms. The second-order valence-corrected chi connectivity index (χ2v) is 15.3. The van der Waals surface area contributed by atoms with E-state index in [4.69, 9.17) is 14.2 Å². The Labute approximate surface area is 368 Å². The van der Waals surface area contributed by atoms with Crippen molar-refractivity contribution < 1.29 is 28.6 Å². The number of allylic oxidation sites excluding steroid dienone is 17. The number of carbonyl (C=O) groups excluding carboxylic acids is 3. The Morgan fingerprint density at radius 1 is 0.367 bits per heavy atom. The molecular weight excluding hydrogens is 745 g/mol. The SMILES string of the molecule is CC/C=C\C/C=C\C/C=C\C/C=C\C/C=C\CCC(=O)OC(COC(=O)C/C=C\C/C=C\C/C=C\CC)COC(=O)CCCCCCCCC/C=C\CCCCCCCC. The van der Waals surface area contributed by atoms with Crippen molar-refractivity contribution in [2.45, 2.75) is 200 Å². The predicted molar refractivity (Wildman–Crippen MR) is 256 cm³/mol. The number of hydrogen-bond donors (Lipinski definition) is 0. The van der Waals surface area contributed by atoms with Crippen LogP contribution in [-0.4, -0.2) is 37.2 Å². The van der Waals surface area contributed by atoms with Gasteiger partial charge in [-0.15, -0.1) is 0 Å². The van der Waals surface area contributed by atoms with Crippen molar-refractivity contribution in [2.24, 2.45) is 0 Å². The average Bonchev–Trinajstić information content (AvgIpc) is 3.24. The van der Waals surface area contributed by atoms with Gasteiger partial charge in [0, 0.05) is 12.8 Å². The lowest BCUT2D eigenvalue weighted by molar-refractivity contribution is -0.166. The van der Waals surface area contributed by atoms with Gasteiger partial charge in [-0.3, -0.25) is 14.4 Å². The lowest BCUT2D eigenvalue weighted by Gasteiger charge is -2.18. The first kappa shape index (κ1) is 56.1. The Bertz CT molecular complexity index is 1280. The summed E-state index contributed by atoms with van der Waals surface area (Å²) in [6.07, 6.45) is 64.1. The minimum atomic E-state index is -0.854. The molecule has 0 amide bonds. The van der Waals surface area contributed by atoms with Gasteiger partial charge in [-0.25, -0.2) is 0 Å². The molecule has 0 aromatic rings. The fraction of sp³-hybridized carbons (Fsp3) is 0.611. The fourth-order valence-corrected chi connectivity index (χ4v) is 6.02. The summed E-state index contributed by atoms with van der Waals surface area (Å²) in [5.74, 6) is -1.17. The Hall–Kier alpha value is -3.93. The standard InChI is InChI=1S/C54H86O6/c1-4-7-10-13-16-19-21-23-25-27-29-30-32-35-38-41-44-47-53(56)59-50-51(49-58-52(55)46-43-40-37-34-18-15-12-9-6-3)60-54(57)48-45-42-39-36-33-31-28-26-24-22-20-17-14-11-8-5-2/h8-9,11-12,17-18,20,23-26,31,33-34,39-40,42-43,51H,4-7,10,13-16,19,21-22,27-30,32,35-38,41,44-50H2,1-3H3/b11-8-,12-9-,20-17-,25-23-,26-24-,33-31-,34-18-,42-39-,43-40-. The van der Waals surface area contributed by atoms with Crippen LogP contribution in [0.3, 0.4) is 0 Å². The minimum absolute atomic E-state index is 0.116. The fourth-order valence-electron chi connectivity index (χ4n) is 6.02. The van der Waals surface area contributed by atoms with Crippen LogP contribution in [0.25, 0.3) is 0 Å². The normalized spacial score (nSPS) is 13.1. The summed E-state index contributed by atoms with van der Waals surface area (Å²) < 4.78 is 16.5. The Morgan fingerprint density at radius 2 is 0.750 bits per heavy atom. The van der Waals surface area contributed by atoms with Crippen LogP contribution in [0.5, 0.6) is 0 Å². The van der Waals surface area contributed by atoms with Crippen molar-refractivity contribution in [1.82, 2.24) is 0 Å². The van der Waals surface area contributed by atoms with E-state index in [1.54, 1.807) is 6.08 Å². The lowest BCUT2D eigenvalue weighted by Crippen LogP contribution is -2.30. The number of esters is 3. The van der Waals surface area contributed by atoms with Gasteiger partial charge in [0.2, 0.25) is 0 Å². The van der Waals surface area contributed by atoms with E-state index in [2.05, 4.69) is 106 Å². The second kappa shape index (κ2) is 47.7. The first-order valence-electron chi connectivity index (χ1n) is 23.9. The lowest BCUT2D eigenvalue weighted by atomic mass is 10.1. The molecule has 0 saturated heterocycles. The minimum Gasteiger partial charge on any atom is -0.462 e. The maximum atomic E-state index is 12.7. The number of unbranched alkanes of at least 4 members (excludes halogenated alkanes) is 13. The van der Waals surface area contributed by atoms with Gasteiger partial charge < -0.3 is 14.2 Å². The summed E-state index contributed by atoms with van der Waals surface area (Å²) in [7, 11) is 0. The summed E-state index contributed by atoms with van der Waals surface area (Å²) in [5.41, 5.74) is 0. The zero-order chi connectivity index (χ0) is 43.7. The van der Waals surface area contributed by atoms with Crippen LogP contribution in [-0.2, 0) is 28.6 Å². The Kier molecular flexibility index (Phi) is 44.6. The largest absolute Gasteiger partial charge is 0.462 e. The van der Waals surface area contributed by atoms with Crippen molar-refractivity contribution in [3.63, 3.8) is 0 Å². The van der Waals surface area contributed by atoms with Gasteiger partial charge in [0.25, 0.3) is 0 Å². The van der Waals surface area contributed by atoms with Gasteiger partial charge in [0.15, 0.2) is 6.10 Å². The summed E-state index contributed by atoms with van der Waals surface area (Å²) in [4.78, 5) is 37.7. The number of ether oxygens (including phenoxy) is 3. The number of rotatable bonds is 41. The number of carbonyl (C=O) groups is 3. The van der Waals surface area contributed by atoms with Gasteiger partial charge in [0.05, 0.1) is 6.42 Å². The van der Waals surface area contributed by atoms with Gasteiger partial charge >= 0.3 is 17.9 Å². The Balaban J connectivity index is 4.52. The van der Waals surface area contributed by atoms with Crippen molar-refractivity contribution in [3.8, 4) is 0 Å². The molecule has 0 aromatic heterocycles. The molecule has 1 unspecified atom stereocenters. The van der Waals surface area contributed by atoms with Crippen LogP contribution >= 0.6 is 0 Å². The molecule has 0 radical (unpaired) electrons. The van der Waals surface area contributed by atoms with E-state index in [9.17, 15) is 14.4 Å². The van der Waals surface area contributed by atoms with Gasteiger partial charge in [-0.05, 0) is 89.9 Å². The maximum Gasteiger partial charge on any atom is 0.309 e. The monoisotopic (exact) mass is 831 g/mol. The first-order chi connectivity index (χ1) is 29.5. The molecule has 0 rings (SSSR count). The third kappa shape index (κ3) is 45.2. The molecule has 0 aliphatic rings. The molecule has 6 nitrogen and oxygen atoms in total. The molecule has 338 valence electrons. The van der Waals surface area contributed by atoms with Crippen molar-refractivity contribution in [3.05, 3.63) is 109 Å². The third-order valence-corrected chi connectivity index (χ3v) is 9.54. The highest BCUT2D eigenvalue weighted by atomic mass is 16.6. The molecule has 1 atom stereocenters. The van der Waals surface area contributed by atoms with Crippen LogP contribution in [0.1, 0.15) is 194 Å². The molecule has 0 aromatic carbocycles. The van der Waals surface area contributed by atoms with E-state index >= 15 is 0 Å². The molecule has 0 aliphatic heterocycles. The van der Waals surface area contributed by atoms with E-state index in [-0.39, 0.29) is 32.0 Å². The summed E-state index contributed by atoms with van der Waals surface area (Å²) >= 11 is 0. The average molecular weight is 831 g/mol. The molecule has 6 heteroatoms. The van der Waals surface area contributed by atoms with E-state index in [1.165, 1.54) is 77.0 Å². The Morgan fingerprint density at radius 3 is 1.23 bits per heavy atom. The van der Waals surface area contributed by atoms with E-state index in [1.807, 2.05) is 18.2 Å². The van der Waals surface area contributed by atoms with Gasteiger partial charge in [0.1, 0.15) is 13.2 Å². The first-order valence-corrected chi connectivity index (χ1v) is 23.9. The topological polar surface area (TPSA) is 78.9 Å². The highest BCUT2D eigenvalue weighted by molar-refractivity contribution is 5.72. The molecule has 60 heavy (non-hydrogen) atoms. The maximum absolute atomic E-state index is 12.7. The highest BCUT2D eigenvalue weighted by Gasteiger charge is 2.19. The molecular formula is C54H86O6. The van der Waals surface area contributed by atoms with E-state index < -0.39 is 18.0 Å². The van der Waals surface area contributed by atoms with Crippen molar-refractivity contribution in [2.75, 3.05) is 13.2 Å². The van der Waals surface area contributed by atoms with Crippen molar-refractivity contribution >= 4 is 17.9 Å². The van der Waals surface area contributed by atoms with Crippen molar-refractivity contribution in [1.29, 1.82) is 0 Å². The van der Waals surface area contributed by atoms with Crippen LogP contribution < -0.4 is 0 Å².